The Hall–Kier alpha value is -5.07. The lowest BCUT2D eigenvalue weighted by molar-refractivity contribution is -0.129. The van der Waals surface area contributed by atoms with E-state index in [1.807, 2.05) is 47.3 Å². The summed E-state index contributed by atoms with van der Waals surface area (Å²) in [6.07, 6.45) is 4.69. The highest BCUT2D eigenvalue weighted by Crippen LogP contribution is 2.47. The number of thiophene rings is 1. The summed E-state index contributed by atoms with van der Waals surface area (Å²) in [7, 11) is 1.52. The summed E-state index contributed by atoms with van der Waals surface area (Å²) >= 11 is 1.42. The van der Waals surface area contributed by atoms with Gasteiger partial charge in [0.1, 0.15) is 35.4 Å². The van der Waals surface area contributed by atoms with Crippen LogP contribution in [0, 0.1) is 11.6 Å². The number of rotatable bonds is 8. The van der Waals surface area contributed by atoms with E-state index in [0.29, 0.717) is 35.7 Å². The summed E-state index contributed by atoms with van der Waals surface area (Å²) < 4.78 is 44.3. The number of pyridine rings is 1. The van der Waals surface area contributed by atoms with E-state index >= 15 is 4.39 Å². The van der Waals surface area contributed by atoms with Gasteiger partial charge in [-0.25, -0.2) is 13.8 Å². The Labute approximate surface area is 266 Å². The van der Waals surface area contributed by atoms with Crippen LogP contribution in [0.25, 0.3) is 54.6 Å². The average molecular weight is 639 g/mol. The van der Waals surface area contributed by atoms with Crippen molar-refractivity contribution in [2.45, 2.75) is 26.1 Å². The van der Waals surface area contributed by atoms with Crippen molar-refractivity contribution in [3.63, 3.8) is 0 Å². The smallest absolute Gasteiger partial charge is 0.246 e. The molecule has 12 heteroatoms. The van der Waals surface area contributed by atoms with Crippen molar-refractivity contribution in [2.75, 3.05) is 20.3 Å². The molecule has 0 fully saturated rings. The first-order chi connectivity index (χ1) is 22.4. The Bertz CT molecular complexity index is 2150. The molecule has 0 radical (unpaired) electrons. The number of hydrogen-bond acceptors (Lipinski definition) is 8. The number of nitrogens with zero attached hydrogens (tertiary/aromatic N) is 6. The van der Waals surface area contributed by atoms with Crippen molar-refractivity contribution < 1.29 is 23.0 Å². The zero-order valence-electron chi connectivity index (χ0n) is 25.0. The van der Waals surface area contributed by atoms with E-state index in [4.69, 9.17) is 19.6 Å². The second-order valence-corrected chi connectivity index (χ2v) is 11.9. The number of carbonyl (C=O) groups is 1. The fraction of sp³-hybridized carbons (Fsp3) is 0.206. The summed E-state index contributed by atoms with van der Waals surface area (Å²) in [5.74, 6) is -1.69. The van der Waals surface area contributed by atoms with Gasteiger partial charge < -0.3 is 14.4 Å². The van der Waals surface area contributed by atoms with E-state index in [9.17, 15) is 9.18 Å². The van der Waals surface area contributed by atoms with E-state index in [0.717, 1.165) is 38.2 Å². The number of aromatic nitrogens is 5. The topological polar surface area (TPSA) is 95.3 Å². The SMILES string of the molecule is C=CC(=O)N1Cc2cc(-c3nc(-c4ccc5cnncc5c4)c4ccsc4c3-c3c(F)cc(F)cc3OCCOC)nn2CC1C. The van der Waals surface area contributed by atoms with Crippen LogP contribution in [0.15, 0.2) is 72.9 Å². The summed E-state index contributed by atoms with van der Waals surface area (Å²) in [6.45, 7) is 6.70. The highest BCUT2D eigenvalue weighted by molar-refractivity contribution is 7.18. The van der Waals surface area contributed by atoms with Crippen molar-refractivity contribution in [3.05, 3.63) is 90.2 Å². The summed E-state index contributed by atoms with van der Waals surface area (Å²) in [5.41, 5.74) is 3.69. The van der Waals surface area contributed by atoms with Gasteiger partial charge in [-0.2, -0.15) is 15.3 Å². The monoisotopic (exact) mass is 638 g/mol. The van der Waals surface area contributed by atoms with Gasteiger partial charge in [-0.15, -0.1) is 11.3 Å². The molecule has 0 aliphatic carbocycles. The van der Waals surface area contributed by atoms with Gasteiger partial charge in [0.05, 0.1) is 49.0 Å². The third-order valence-corrected chi connectivity index (χ3v) is 9.04. The van der Waals surface area contributed by atoms with Crippen LogP contribution in [0.2, 0.25) is 0 Å². The molecule has 232 valence electrons. The van der Waals surface area contributed by atoms with E-state index in [1.54, 1.807) is 17.3 Å². The third kappa shape index (κ3) is 5.19. The predicted octanol–water partition coefficient (Wildman–Crippen LogP) is 6.66. The van der Waals surface area contributed by atoms with Crippen molar-refractivity contribution in [1.82, 2.24) is 29.9 Å². The molecule has 7 rings (SSSR count). The van der Waals surface area contributed by atoms with Gasteiger partial charge in [-0.3, -0.25) is 9.48 Å². The lowest BCUT2D eigenvalue weighted by atomic mass is 9.96. The molecule has 1 atom stereocenters. The molecule has 1 amide bonds. The number of carbonyl (C=O) groups excluding carboxylic acids is 1. The number of amides is 1. The third-order valence-electron chi connectivity index (χ3n) is 8.11. The second-order valence-electron chi connectivity index (χ2n) is 11.0. The van der Waals surface area contributed by atoms with Crippen molar-refractivity contribution >= 4 is 38.1 Å². The molecule has 1 unspecified atom stereocenters. The first-order valence-electron chi connectivity index (χ1n) is 14.6. The number of halogens is 2. The Morgan fingerprint density at radius 2 is 1.89 bits per heavy atom. The van der Waals surface area contributed by atoms with Crippen LogP contribution in [-0.4, -0.2) is 62.1 Å². The summed E-state index contributed by atoms with van der Waals surface area (Å²) in [6, 6.07) is 11.6. The molecule has 4 aromatic heterocycles. The Morgan fingerprint density at radius 1 is 1.07 bits per heavy atom. The van der Waals surface area contributed by atoms with E-state index < -0.39 is 11.6 Å². The number of benzene rings is 2. The molecule has 2 aromatic carbocycles. The van der Waals surface area contributed by atoms with Gasteiger partial charge in [-0.05, 0) is 36.6 Å². The maximum atomic E-state index is 16.0. The number of fused-ring (bicyclic) bond motifs is 3. The van der Waals surface area contributed by atoms with Crippen molar-refractivity contribution in [1.29, 1.82) is 0 Å². The van der Waals surface area contributed by atoms with Crippen LogP contribution in [0.5, 0.6) is 5.75 Å². The van der Waals surface area contributed by atoms with E-state index in [1.165, 1.54) is 30.6 Å². The van der Waals surface area contributed by atoms with E-state index in [-0.39, 0.29) is 36.5 Å². The second kappa shape index (κ2) is 12.0. The molecule has 0 saturated carbocycles. The maximum Gasteiger partial charge on any atom is 0.246 e. The standard InChI is InChI=1S/C34H28F2N6O3S/c1-4-29(43)41-18-24-14-27(40-42(24)17-19(41)2)33-31(30-26(36)12-23(35)13-28(30)45-9-8-44-3)34-25(7-10-46-34)32(39-33)20-5-6-21-15-37-38-16-22(21)11-20/h4-7,10-16,19H,1,8-9,17-18H2,2-3H3. The zero-order chi connectivity index (χ0) is 31.9. The Kier molecular flexibility index (Phi) is 7.75. The van der Waals surface area contributed by atoms with Crippen LogP contribution in [0.3, 0.4) is 0 Å². The van der Waals surface area contributed by atoms with Gasteiger partial charge in [0.15, 0.2) is 0 Å². The van der Waals surface area contributed by atoms with Crippen LogP contribution < -0.4 is 4.74 Å². The lowest BCUT2D eigenvalue weighted by Gasteiger charge is -2.33. The van der Waals surface area contributed by atoms with Crippen LogP contribution in [0.4, 0.5) is 8.78 Å². The molecule has 5 heterocycles. The first kappa shape index (κ1) is 29.6. The number of methoxy groups -OCH3 is 1. The molecule has 9 nitrogen and oxygen atoms in total. The zero-order valence-corrected chi connectivity index (χ0v) is 25.9. The molecule has 0 saturated heterocycles. The fourth-order valence-corrected chi connectivity index (χ4v) is 6.84. The Balaban J connectivity index is 1.49. The molecule has 46 heavy (non-hydrogen) atoms. The van der Waals surface area contributed by atoms with Gasteiger partial charge >= 0.3 is 0 Å². The van der Waals surface area contributed by atoms with Gasteiger partial charge in [0, 0.05) is 57.3 Å². The minimum atomic E-state index is -0.789. The molecule has 6 aromatic rings. The van der Waals surface area contributed by atoms with Crippen molar-refractivity contribution in [3.8, 4) is 39.5 Å². The molecule has 1 aliphatic rings. The predicted molar refractivity (Wildman–Crippen MR) is 172 cm³/mol. The summed E-state index contributed by atoms with van der Waals surface area (Å²) in [4.78, 5) is 19.5. The van der Waals surface area contributed by atoms with Gasteiger partial charge in [0.25, 0.3) is 0 Å². The minimum absolute atomic E-state index is 0.0321. The van der Waals surface area contributed by atoms with Crippen LogP contribution in [-0.2, 0) is 22.6 Å². The highest BCUT2D eigenvalue weighted by Gasteiger charge is 2.30. The van der Waals surface area contributed by atoms with Gasteiger partial charge in [0.2, 0.25) is 5.91 Å². The molecule has 0 N–H and O–H groups in total. The lowest BCUT2D eigenvalue weighted by Crippen LogP contribution is -2.44. The molecular weight excluding hydrogens is 610 g/mol. The minimum Gasteiger partial charge on any atom is -0.490 e. The van der Waals surface area contributed by atoms with Crippen LogP contribution >= 0.6 is 11.3 Å². The molecule has 0 bridgehead atoms. The highest BCUT2D eigenvalue weighted by atomic mass is 32.1. The Morgan fingerprint density at radius 3 is 2.70 bits per heavy atom. The molecule has 1 aliphatic heterocycles. The quantitative estimate of drug-likeness (QED) is 0.136. The average Bonchev–Trinajstić information content (AvgIpc) is 3.71. The van der Waals surface area contributed by atoms with E-state index in [2.05, 4.69) is 16.8 Å². The largest absolute Gasteiger partial charge is 0.490 e. The number of ether oxygens (including phenoxy) is 2. The molecule has 0 spiro atoms. The van der Waals surface area contributed by atoms with Crippen molar-refractivity contribution in [2.24, 2.45) is 0 Å². The number of hydrogen-bond donors (Lipinski definition) is 0. The first-order valence-corrected chi connectivity index (χ1v) is 15.5. The van der Waals surface area contributed by atoms with Gasteiger partial charge in [-0.1, -0.05) is 18.7 Å². The maximum absolute atomic E-state index is 16.0. The van der Waals surface area contributed by atoms with Crippen LogP contribution in [0.1, 0.15) is 12.6 Å². The fourth-order valence-electron chi connectivity index (χ4n) is 5.89. The molecular formula is C34H28F2N6O3S. The summed E-state index contributed by atoms with van der Waals surface area (Å²) in [5, 5.41) is 17.5. The normalized spacial score (nSPS) is 14.5.